The molecule has 5 heteroatoms. The lowest BCUT2D eigenvalue weighted by molar-refractivity contribution is 0.492. The van der Waals surface area contributed by atoms with Crippen molar-refractivity contribution in [2.75, 3.05) is 0 Å². The number of nitrogens with one attached hydrogen (secondary N) is 1. The molecule has 0 amide bonds. The van der Waals surface area contributed by atoms with Crippen LogP contribution in [-0.4, -0.2) is 9.55 Å². The van der Waals surface area contributed by atoms with Gasteiger partial charge in [-0.2, -0.15) is 0 Å². The Bertz CT molecular complexity index is 727. The lowest BCUT2D eigenvalue weighted by Crippen LogP contribution is -2.00. The van der Waals surface area contributed by atoms with Crippen molar-refractivity contribution in [3.63, 3.8) is 0 Å². The molecule has 0 atom stereocenters. The minimum absolute atomic E-state index is 0.707. The highest BCUT2D eigenvalue weighted by atomic mass is 35.5. The van der Waals surface area contributed by atoms with E-state index in [1.807, 2.05) is 34.9 Å². The highest BCUT2D eigenvalue weighted by Gasteiger charge is 2.06. The Balaban J connectivity index is 1.98. The summed E-state index contributed by atoms with van der Waals surface area (Å²) in [6.07, 6.45) is 2.49. The SMILES string of the molecule is S=c1[nH]c2ccc(Cl)cc2n1CCc1ccco1. The van der Waals surface area contributed by atoms with Crippen LogP contribution < -0.4 is 0 Å². The Labute approximate surface area is 114 Å². The van der Waals surface area contributed by atoms with E-state index in [1.165, 1.54) is 0 Å². The van der Waals surface area contributed by atoms with E-state index in [0.717, 1.165) is 29.8 Å². The van der Waals surface area contributed by atoms with Crippen LogP contribution in [0.5, 0.6) is 0 Å². The number of fused-ring (bicyclic) bond motifs is 1. The number of furan rings is 1. The molecule has 18 heavy (non-hydrogen) atoms. The topological polar surface area (TPSA) is 33.9 Å². The fraction of sp³-hybridized carbons (Fsp3) is 0.154. The Morgan fingerprint density at radius 2 is 2.22 bits per heavy atom. The number of aromatic nitrogens is 2. The Kier molecular flexibility index (Phi) is 2.97. The second-order valence-electron chi connectivity index (χ2n) is 4.07. The summed E-state index contributed by atoms with van der Waals surface area (Å²) in [7, 11) is 0. The molecule has 0 saturated heterocycles. The number of halogens is 1. The molecular weight excluding hydrogens is 268 g/mol. The van der Waals surface area contributed by atoms with Crippen molar-refractivity contribution in [1.82, 2.24) is 9.55 Å². The van der Waals surface area contributed by atoms with Crippen molar-refractivity contribution in [2.45, 2.75) is 13.0 Å². The number of hydrogen-bond acceptors (Lipinski definition) is 2. The molecule has 0 fully saturated rings. The number of rotatable bonds is 3. The highest BCUT2D eigenvalue weighted by molar-refractivity contribution is 7.71. The van der Waals surface area contributed by atoms with Crippen LogP contribution in [0.4, 0.5) is 0 Å². The summed E-state index contributed by atoms with van der Waals surface area (Å²) in [5, 5.41) is 0.711. The molecule has 0 aliphatic heterocycles. The highest BCUT2D eigenvalue weighted by Crippen LogP contribution is 2.19. The smallest absolute Gasteiger partial charge is 0.178 e. The summed E-state index contributed by atoms with van der Waals surface area (Å²) < 4.78 is 8.07. The number of imidazole rings is 1. The molecule has 1 N–H and O–H groups in total. The maximum atomic E-state index is 6.02. The Morgan fingerprint density at radius 1 is 1.33 bits per heavy atom. The quantitative estimate of drug-likeness (QED) is 0.729. The summed E-state index contributed by atoms with van der Waals surface area (Å²) >= 11 is 11.3. The van der Waals surface area contributed by atoms with Gasteiger partial charge in [0.2, 0.25) is 0 Å². The Hall–Kier alpha value is -1.52. The van der Waals surface area contributed by atoms with Crippen LogP contribution in [-0.2, 0) is 13.0 Å². The second kappa shape index (κ2) is 4.63. The van der Waals surface area contributed by atoms with Gasteiger partial charge in [-0.05, 0) is 42.5 Å². The maximum absolute atomic E-state index is 6.02. The first kappa shape index (κ1) is 11.6. The molecule has 3 aromatic rings. The van der Waals surface area contributed by atoms with Crippen LogP contribution in [0.15, 0.2) is 41.0 Å². The molecule has 2 heterocycles. The van der Waals surface area contributed by atoms with E-state index in [-0.39, 0.29) is 0 Å². The average molecular weight is 279 g/mol. The van der Waals surface area contributed by atoms with Gasteiger partial charge in [-0.3, -0.25) is 0 Å². The monoisotopic (exact) mass is 278 g/mol. The van der Waals surface area contributed by atoms with Crippen LogP contribution in [0.3, 0.4) is 0 Å². The summed E-state index contributed by atoms with van der Waals surface area (Å²) in [6, 6.07) is 9.57. The van der Waals surface area contributed by atoms with Gasteiger partial charge in [0, 0.05) is 18.0 Å². The lowest BCUT2D eigenvalue weighted by atomic mass is 10.3. The number of hydrogen-bond donors (Lipinski definition) is 1. The molecule has 0 saturated carbocycles. The van der Waals surface area contributed by atoms with Gasteiger partial charge in [0.05, 0.1) is 17.3 Å². The summed E-state index contributed by atoms with van der Waals surface area (Å²) in [6.45, 7) is 0.771. The van der Waals surface area contributed by atoms with E-state index in [0.29, 0.717) is 9.79 Å². The first-order valence-corrected chi connectivity index (χ1v) is 6.43. The van der Waals surface area contributed by atoms with E-state index in [4.69, 9.17) is 28.2 Å². The van der Waals surface area contributed by atoms with Gasteiger partial charge in [-0.15, -0.1) is 0 Å². The largest absolute Gasteiger partial charge is 0.469 e. The van der Waals surface area contributed by atoms with Crippen molar-refractivity contribution in [3.05, 3.63) is 52.1 Å². The molecular formula is C13H11ClN2OS. The van der Waals surface area contributed by atoms with Crippen LogP contribution in [0, 0.1) is 4.77 Å². The van der Waals surface area contributed by atoms with E-state index >= 15 is 0 Å². The van der Waals surface area contributed by atoms with Gasteiger partial charge in [0.15, 0.2) is 4.77 Å². The summed E-state index contributed by atoms with van der Waals surface area (Å²) in [4.78, 5) is 3.17. The van der Waals surface area contributed by atoms with Crippen LogP contribution >= 0.6 is 23.8 Å². The molecule has 2 aromatic heterocycles. The molecule has 0 unspecified atom stereocenters. The lowest BCUT2D eigenvalue weighted by Gasteiger charge is -2.03. The fourth-order valence-corrected chi connectivity index (χ4v) is 2.49. The normalized spacial score (nSPS) is 11.2. The van der Waals surface area contributed by atoms with Gasteiger partial charge < -0.3 is 14.0 Å². The third kappa shape index (κ3) is 2.09. The molecule has 0 aliphatic carbocycles. The van der Waals surface area contributed by atoms with E-state index < -0.39 is 0 Å². The van der Waals surface area contributed by atoms with Crippen LogP contribution in [0.2, 0.25) is 5.02 Å². The van der Waals surface area contributed by atoms with Gasteiger partial charge in [-0.25, -0.2) is 0 Å². The van der Waals surface area contributed by atoms with Gasteiger partial charge >= 0.3 is 0 Å². The maximum Gasteiger partial charge on any atom is 0.178 e. The number of benzene rings is 1. The average Bonchev–Trinajstić information content (AvgIpc) is 2.94. The fourth-order valence-electron chi connectivity index (χ4n) is 2.02. The zero-order valence-corrected chi connectivity index (χ0v) is 11.1. The van der Waals surface area contributed by atoms with E-state index in [1.54, 1.807) is 6.26 Å². The number of nitrogens with zero attached hydrogens (tertiary/aromatic N) is 1. The number of H-pyrrole nitrogens is 1. The predicted molar refractivity (Wildman–Crippen MR) is 74.5 cm³/mol. The molecule has 0 radical (unpaired) electrons. The molecule has 0 bridgehead atoms. The number of aromatic amines is 1. The standard InChI is InChI=1S/C13H11ClN2OS/c14-9-3-4-11-12(8-9)16(13(18)15-11)6-5-10-2-1-7-17-10/h1-4,7-8H,5-6H2,(H,15,18). The van der Waals surface area contributed by atoms with Crippen LogP contribution in [0.1, 0.15) is 5.76 Å². The second-order valence-corrected chi connectivity index (χ2v) is 4.90. The van der Waals surface area contributed by atoms with Crippen molar-refractivity contribution in [3.8, 4) is 0 Å². The van der Waals surface area contributed by atoms with E-state index in [9.17, 15) is 0 Å². The Morgan fingerprint density at radius 3 is 3.00 bits per heavy atom. The molecule has 3 rings (SSSR count). The summed E-state index contributed by atoms with van der Waals surface area (Å²) in [5.41, 5.74) is 2.03. The summed E-state index contributed by atoms with van der Waals surface area (Å²) in [5.74, 6) is 0.952. The van der Waals surface area contributed by atoms with Crippen LogP contribution in [0.25, 0.3) is 11.0 Å². The molecule has 1 aromatic carbocycles. The first-order chi connectivity index (χ1) is 8.74. The minimum atomic E-state index is 0.707. The predicted octanol–water partition coefficient (Wildman–Crippen LogP) is 4.19. The van der Waals surface area contributed by atoms with Gasteiger partial charge in [0.1, 0.15) is 5.76 Å². The van der Waals surface area contributed by atoms with Gasteiger partial charge in [0.25, 0.3) is 0 Å². The molecule has 3 nitrogen and oxygen atoms in total. The zero-order valence-electron chi connectivity index (χ0n) is 9.52. The van der Waals surface area contributed by atoms with E-state index in [2.05, 4.69) is 4.98 Å². The van der Waals surface area contributed by atoms with Gasteiger partial charge in [-0.1, -0.05) is 11.6 Å². The zero-order chi connectivity index (χ0) is 12.5. The molecule has 0 aliphatic rings. The molecule has 92 valence electrons. The third-order valence-electron chi connectivity index (χ3n) is 2.90. The van der Waals surface area contributed by atoms with Crippen molar-refractivity contribution in [2.24, 2.45) is 0 Å². The molecule has 0 spiro atoms. The van der Waals surface area contributed by atoms with Crippen molar-refractivity contribution in [1.29, 1.82) is 0 Å². The van der Waals surface area contributed by atoms with Crippen molar-refractivity contribution >= 4 is 34.9 Å². The first-order valence-electron chi connectivity index (χ1n) is 5.64. The van der Waals surface area contributed by atoms with Crippen molar-refractivity contribution < 1.29 is 4.42 Å². The third-order valence-corrected chi connectivity index (χ3v) is 3.46. The number of aryl methyl sites for hydroxylation is 2. The minimum Gasteiger partial charge on any atom is -0.469 e.